The second-order valence-corrected chi connectivity index (χ2v) is 9.26. The van der Waals surface area contributed by atoms with Crippen LogP contribution in [0.4, 0.5) is 22.0 Å². The Balaban J connectivity index is 1.59. The molecule has 0 atom stereocenters. The minimum atomic E-state index is -0.456. The molecule has 0 aliphatic rings. The highest BCUT2D eigenvalue weighted by atomic mass is 16.5. The summed E-state index contributed by atoms with van der Waals surface area (Å²) in [5.41, 5.74) is 1.60. The number of carbonyl (C=O) groups is 2. The number of aromatic nitrogens is 2. The smallest absolute Gasteiger partial charge is 0.324 e. The zero-order valence-electron chi connectivity index (χ0n) is 18.5. The van der Waals surface area contributed by atoms with Gasteiger partial charge >= 0.3 is 6.03 Å². The molecule has 3 aromatic rings. The molecule has 0 radical (unpaired) electrons. The predicted molar refractivity (Wildman–Crippen MR) is 117 cm³/mol. The average Bonchev–Trinajstić information content (AvgIpc) is 3.32. The number of hydrogen-bond acceptors (Lipinski definition) is 6. The summed E-state index contributed by atoms with van der Waals surface area (Å²) in [4.78, 5) is 24.7. The van der Waals surface area contributed by atoms with Crippen molar-refractivity contribution in [3.63, 3.8) is 0 Å². The van der Waals surface area contributed by atoms with Crippen molar-refractivity contribution < 1.29 is 18.6 Å². The minimum Gasteiger partial charge on any atom is -0.364 e. The summed E-state index contributed by atoms with van der Waals surface area (Å²) in [6, 6.07) is 7.94. The van der Waals surface area contributed by atoms with Gasteiger partial charge in [0.25, 0.3) is 5.91 Å². The molecule has 164 valence electrons. The van der Waals surface area contributed by atoms with Gasteiger partial charge in [-0.2, -0.15) is 0 Å². The number of anilines is 3. The van der Waals surface area contributed by atoms with Crippen LogP contribution in [0.2, 0.25) is 0 Å². The van der Waals surface area contributed by atoms with Crippen LogP contribution in [0.3, 0.4) is 0 Å². The largest absolute Gasteiger partial charge is 0.364 e. The van der Waals surface area contributed by atoms with Crippen LogP contribution < -0.4 is 16.0 Å². The number of carbonyl (C=O) groups excluding carboxylic acids is 2. The van der Waals surface area contributed by atoms with E-state index in [2.05, 4.69) is 26.3 Å². The zero-order valence-corrected chi connectivity index (χ0v) is 18.5. The van der Waals surface area contributed by atoms with Crippen LogP contribution in [0.1, 0.15) is 63.4 Å². The van der Waals surface area contributed by atoms with E-state index in [1.165, 1.54) is 6.26 Å². The molecule has 31 heavy (non-hydrogen) atoms. The lowest BCUT2D eigenvalue weighted by Gasteiger charge is -2.16. The summed E-state index contributed by atoms with van der Waals surface area (Å²) in [6.45, 7) is 11.9. The van der Waals surface area contributed by atoms with Crippen LogP contribution in [-0.4, -0.2) is 22.3 Å². The second-order valence-electron chi connectivity index (χ2n) is 9.26. The van der Waals surface area contributed by atoms with E-state index in [1.54, 1.807) is 30.3 Å². The highest BCUT2D eigenvalue weighted by molar-refractivity contribution is 6.04. The molecule has 0 unspecified atom stereocenters. The molecule has 0 aliphatic carbocycles. The van der Waals surface area contributed by atoms with Gasteiger partial charge in [-0.3, -0.25) is 10.1 Å². The van der Waals surface area contributed by atoms with Crippen molar-refractivity contribution in [2.45, 2.75) is 52.4 Å². The van der Waals surface area contributed by atoms with Crippen LogP contribution in [0.5, 0.6) is 0 Å². The molecule has 0 saturated heterocycles. The quantitative estimate of drug-likeness (QED) is 0.531. The molecule has 9 heteroatoms. The summed E-state index contributed by atoms with van der Waals surface area (Å²) in [7, 11) is 0. The molecule has 3 rings (SSSR count). The Hall–Kier alpha value is -3.62. The van der Waals surface area contributed by atoms with Crippen LogP contribution >= 0.6 is 0 Å². The van der Waals surface area contributed by atoms with E-state index < -0.39 is 6.03 Å². The summed E-state index contributed by atoms with van der Waals surface area (Å²) in [5, 5.41) is 15.8. The Bertz CT molecular complexity index is 1070. The van der Waals surface area contributed by atoms with Gasteiger partial charge in [0.05, 0.1) is 0 Å². The van der Waals surface area contributed by atoms with Crippen molar-refractivity contribution >= 4 is 29.1 Å². The van der Waals surface area contributed by atoms with Crippen LogP contribution in [0.25, 0.3) is 0 Å². The maximum absolute atomic E-state index is 12.6. The molecule has 0 bridgehead atoms. The van der Waals surface area contributed by atoms with E-state index >= 15 is 0 Å². The van der Waals surface area contributed by atoms with Gasteiger partial charge < -0.3 is 19.7 Å². The normalized spacial score (nSPS) is 11.8. The maximum Gasteiger partial charge on any atom is 0.324 e. The van der Waals surface area contributed by atoms with Gasteiger partial charge in [0.2, 0.25) is 0 Å². The van der Waals surface area contributed by atoms with E-state index in [-0.39, 0.29) is 22.4 Å². The molecule has 0 spiro atoms. The van der Waals surface area contributed by atoms with Gasteiger partial charge in [-0.05, 0) is 29.7 Å². The fraction of sp³-hybridized carbons (Fsp3) is 0.364. The molecule has 0 aliphatic heterocycles. The van der Waals surface area contributed by atoms with Gasteiger partial charge in [0.15, 0.2) is 11.5 Å². The Labute approximate surface area is 180 Å². The third-order valence-corrected chi connectivity index (χ3v) is 4.48. The van der Waals surface area contributed by atoms with E-state index in [1.807, 2.05) is 41.5 Å². The number of nitrogens with one attached hydrogen (secondary N) is 3. The number of amides is 3. The Morgan fingerprint density at radius 1 is 0.839 bits per heavy atom. The topological polar surface area (TPSA) is 122 Å². The van der Waals surface area contributed by atoms with Gasteiger partial charge in [0.1, 0.15) is 12.0 Å². The molecule has 9 nitrogen and oxygen atoms in total. The third kappa shape index (κ3) is 5.50. The molecule has 1 aromatic carbocycles. The average molecular weight is 425 g/mol. The Kier molecular flexibility index (Phi) is 5.88. The monoisotopic (exact) mass is 425 g/mol. The van der Waals surface area contributed by atoms with Crippen molar-refractivity contribution in [2.75, 3.05) is 16.0 Å². The Morgan fingerprint density at radius 2 is 1.45 bits per heavy atom. The first-order chi connectivity index (χ1) is 14.4. The van der Waals surface area contributed by atoms with E-state index in [0.29, 0.717) is 23.0 Å². The van der Waals surface area contributed by atoms with E-state index in [9.17, 15) is 9.59 Å². The molecule has 3 amide bonds. The highest BCUT2D eigenvalue weighted by Crippen LogP contribution is 2.26. The van der Waals surface area contributed by atoms with Gasteiger partial charge in [-0.15, -0.1) is 0 Å². The highest BCUT2D eigenvalue weighted by Gasteiger charge is 2.26. The Morgan fingerprint density at radius 3 is 2.00 bits per heavy atom. The number of benzene rings is 1. The molecule has 2 aromatic heterocycles. The minimum absolute atomic E-state index is 0.205. The summed E-state index contributed by atoms with van der Waals surface area (Å²) < 4.78 is 10.2. The SMILES string of the molecule is CC(C)(C)c1cc(NC(=O)Nc2ccc(NC(=O)c3nocc3C(C)(C)C)cc2)no1. The number of hydrogen-bond donors (Lipinski definition) is 3. The maximum atomic E-state index is 12.6. The molecular formula is C22H27N5O4. The number of nitrogens with zero attached hydrogens (tertiary/aromatic N) is 2. The van der Waals surface area contributed by atoms with Gasteiger partial charge in [-0.25, -0.2) is 4.79 Å². The second kappa shape index (κ2) is 8.25. The van der Waals surface area contributed by atoms with Crippen molar-refractivity contribution in [2.24, 2.45) is 0 Å². The van der Waals surface area contributed by atoms with E-state index in [4.69, 9.17) is 9.05 Å². The fourth-order valence-corrected chi connectivity index (χ4v) is 2.73. The zero-order chi connectivity index (χ0) is 22.8. The van der Waals surface area contributed by atoms with Crippen LogP contribution in [0.15, 0.2) is 45.6 Å². The van der Waals surface area contributed by atoms with Gasteiger partial charge in [0, 0.05) is 28.4 Å². The molecule has 3 N–H and O–H groups in total. The first kappa shape index (κ1) is 22.1. The lowest BCUT2D eigenvalue weighted by atomic mass is 9.87. The van der Waals surface area contributed by atoms with Crippen molar-refractivity contribution in [3.8, 4) is 0 Å². The summed E-state index contributed by atoms with van der Waals surface area (Å²) in [5.74, 6) is 0.635. The van der Waals surface area contributed by atoms with Crippen LogP contribution in [0, 0.1) is 0 Å². The predicted octanol–water partition coefficient (Wildman–Crippen LogP) is 5.15. The standard InChI is InChI=1S/C22H27N5O4/c1-21(2,3)15-12-30-27-18(15)19(28)23-13-7-9-14(10-8-13)24-20(29)25-17-11-16(31-26-17)22(4,5)6/h7-12H,1-6H3,(H,23,28)(H2,24,25,26,29). The van der Waals surface area contributed by atoms with Gasteiger partial charge in [-0.1, -0.05) is 51.9 Å². The lowest BCUT2D eigenvalue weighted by molar-refractivity contribution is 0.101. The number of urea groups is 1. The fourth-order valence-electron chi connectivity index (χ4n) is 2.73. The third-order valence-electron chi connectivity index (χ3n) is 4.48. The molecule has 2 heterocycles. The molecular weight excluding hydrogens is 398 g/mol. The summed E-state index contributed by atoms with van der Waals surface area (Å²) in [6.07, 6.45) is 1.49. The first-order valence-corrected chi connectivity index (χ1v) is 9.85. The van der Waals surface area contributed by atoms with Crippen LogP contribution in [-0.2, 0) is 10.8 Å². The lowest BCUT2D eigenvalue weighted by Crippen LogP contribution is -2.20. The molecule has 0 saturated carbocycles. The van der Waals surface area contributed by atoms with Crippen molar-refractivity contribution in [3.05, 3.63) is 53.6 Å². The molecule has 0 fully saturated rings. The van der Waals surface area contributed by atoms with E-state index in [0.717, 1.165) is 5.56 Å². The number of rotatable bonds is 4. The summed E-state index contributed by atoms with van der Waals surface area (Å²) >= 11 is 0. The first-order valence-electron chi connectivity index (χ1n) is 9.85. The van der Waals surface area contributed by atoms with Crippen molar-refractivity contribution in [1.29, 1.82) is 0 Å². The van der Waals surface area contributed by atoms with Crippen molar-refractivity contribution in [1.82, 2.24) is 10.3 Å².